The topological polar surface area (TPSA) is 83.1 Å². The van der Waals surface area contributed by atoms with Crippen molar-refractivity contribution < 1.29 is 32.3 Å². The Labute approximate surface area is 258 Å². The van der Waals surface area contributed by atoms with Gasteiger partial charge in [-0.15, -0.1) is 0 Å². The molecule has 43 heavy (non-hydrogen) atoms. The van der Waals surface area contributed by atoms with E-state index in [0.717, 1.165) is 36.7 Å². The van der Waals surface area contributed by atoms with Crippen molar-refractivity contribution in [3.8, 4) is 5.75 Å². The number of nitrogens with zero attached hydrogens (tertiary/aromatic N) is 4. The first-order valence-electron chi connectivity index (χ1n) is 14.4. The third-order valence-electron chi connectivity index (χ3n) is 8.91. The van der Waals surface area contributed by atoms with Gasteiger partial charge in [0, 0.05) is 51.0 Å². The van der Waals surface area contributed by atoms with E-state index in [-0.39, 0.29) is 41.9 Å². The van der Waals surface area contributed by atoms with Crippen molar-refractivity contribution in [2.45, 2.75) is 50.7 Å². The maximum absolute atomic E-state index is 13.7. The fourth-order valence-corrected chi connectivity index (χ4v) is 6.49. The van der Waals surface area contributed by atoms with E-state index in [1.54, 1.807) is 23.1 Å². The average molecular weight is 642 g/mol. The molecule has 1 saturated carbocycles. The number of likely N-dealkylation sites (N-methyl/N-ethyl adjacent to an activating group) is 1. The molecular formula is C30H33Cl2F3N4O4. The number of amides is 3. The van der Waals surface area contributed by atoms with Crippen molar-refractivity contribution in [3.05, 3.63) is 57.8 Å². The second kappa shape index (κ2) is 12.5. The molecule has 0 spiro atoms. The highest BCUT2D eigenvalue weighted by molar-refractivity contribution is 6.42. The number of piperidine rings is 1. The first-order valence-corrected chi connectivity index (χ1v) is 15.1. The Hall–Kier alpha value is -3.05. The number of carbonyl (C=O) groups excluding carboxylic acids is 3. The Morgan fingerprint density at radius 2 is 1.74 bits per heavy atom. The minimum Gasteiger partial charge on any atom is -0.409 e. The number of hydrogen-bond donors (Lipinski definition) is 0. The molecular weight excluding hydrogens is 608 g/mol. The Kier molecular flexibility index (Phi) is 9.13. The number of likely N-dealkylation sites (tertiary alicyclic amines) is 2. The average Bonchev–Trinajstić information content (AvgIpc) is 3.65. The molecule has 1 aromatic carbocycles. The zero-order valence-electron chi connectivity index (χ0n) is 23.8. The number of ether oxygens (including phenoxy) is 1. The summed E-state index contributed by atoms with van der Waals surface area (Å²) in [5, 5.41) is 0.704. The highest BCUT2D eigenvalue weighted by Gasteiger charge is 2.46. The standard InChI is InChI=1S/C30H33Cl2F3N4O4/c1-3-17-12-21(17)28(41)38-10-8-18(9-11-38)27(40)39-15-22(19-4-6-23(31)24(32)13-19)25(16-39)37(2)29(42)43-20-5-7-26(36-14-20)30(33,34)35/h4-7,13-14,17-18,21-22,25H,3,8-12,15-16H2,1-2H3/t17?,21?,22-,25?/m1/s1. The van der Waals surface area contributed by atoms with Crippen molar-refractivity contribution in [1.29, 1.82) is 0 Å². The minimum absolute atomic E-state index is 0.0359. The van der Waals surface area contributed by atoms with E-state index in [4.69, 9.17) is 27.9 Å². The number of pyridine rings is 1. The number of carbonyl (C=O) groups is 3. The summed E-state index contributed by atoms with van der Waals surface area (Å²) in [6.07, 6.45) is -1.47. The van der Waals surface area contributed by atoms with E-state index < -0.39 is 24.0 Å². The van der Waals surface area contributed by atoms with Gasteiger partial charge in [-0.3, -0.25) is 9.59 Å². The molecule has 2 aliphatic heterocycles. The molecule has 4 atom stereocenters. The van der Waals surface area contributed by atoms with Crippen LogP contribution in [0.4, 0.5) is 18.0 Å². The lowest BCUT2D eigenvalue weighted by Gasteiger charge is -2.33. The van der Waals surface area contributed by atoms with E-state index in [1.165, 1.54) is 11.9 Å². The Balaban J connectivity index is 1.27. The lowest BCUT2D eigenvalue weighted by Crippen LogP contribution is -2.46. The van der Waals surface area contributed by atoms with Crippen molar-refractivity contribution in [2.75, 3.05) is 33.2 Å². The SMILES string of the molecule is CCC1CC1C(=O)N1CCC(C(=O)N2CC(N(C)C(=O)Oc3ccc(C(F)(F)F)nc3)[C@@H](c3ccc(Cl)c(Cl)c3)C2)CC1. The predicted molar refractivity (Wildman–Crippen MR) is 154 cm³/mol. The maximum atomic E-state index is 13.7. The summed E-state index contributed by atoms with van der Waals surface area (Å²) >= 11 is 12.4. The third kappa shape index (κ3) is 6.87. The molecule has 3 fully saturated rings. The maximum Gasteiger partial charge on any atom is 0.433 e. The van der Waals surface area contributed by atoms with Crippen LogP contribution in [0.2, 0.25) is 10.0 Å². The van der Waals surface area contributed by atoms with Crippen LogP contribution in [0.5, 0.6) is 5.75 Å². The van der Waals surface area contributed by atoms with Gasteiger partial charge in [0.2, 0.25) is 11.8 Å². The molecule has 5 rings (SSSR count). The van der Waals surface area contributed by atoms with Crippen LogP contribution in [0, 0.1) is 17.8 Å². The second-order valence-corrected chi connectivity index (χ2v) is 12.4. The van der Waals surface area contributed by atoms with Gasteiger partial charge in [0.25, 0.3) is 0 Å². The van der Waals surface area contributed by atoms with Gasteiger partial charge in [-0.05, 0) is 55.0 Å². The molecule has 3 heterocycles. The summed E-state index contributed by atoms with van der Waals surface area (Å²) in [4.78, 5) is 47.9. The first-order chi connectivity index (χ1) is 20.4. The molecule has 3 amide bonds. The van der Waals surface area contributed by atoms with Crippen molar-refractivity contribution in [3.63, 3.8) is 0 Å². The molecule has 3 unspecified atom stereocenters. The molecule has 2 aromatic rings. The van der Waals surface area contributed by atoms with Crippen molar-refractivity contribution in [1.82, 2.24) is 19.7 Å². The summed E-state index contributed by atoms with van der Waals surface area (Å²) in [6, 6.07) is 6.42. The van der Waals surface area contributed by atoms with E-state index in [1.807, 2.05) is 4.90 Å². The Morgan fingerprint density at radius 1 is 1.02 bits per heavy atom. The normalized spacial score (nSPS) is 24.2. The van der Waals surface area contributed by atoms with E-state index in [2.05, 4.69) is 11.9 Å². The number of hydrogen-bond acceptors (Lipinski definition) is 5. The fourth-order valence-electron chi connectivity index (χ4n) is 6.19. The molecule has 13 heteroatoms. The largest absolute Gasteiger partial charge is 0.433 e. The molecule has 1 aliphatic carbocycles. The molecule has 0 bridgehead atoms. The number of halogens is 5. The quantitative estimate of drug-likeness (QED) is 0.380. The molecule has 1 aromatic heterocycles. The van der Waals surface area contributed by atoms with Crippen LogP contribution in [-0.2, 0) is 15.8 Å². The zero-order valence-corrected chi connectivity index (χ0v) is 25.3. The molecule has 2 saturated heterocycles. The molecule has 3 aliphatic rings. The monoisotopic (exact) mass is 640 g/mol. The predicted octanol–water partition coefficient (Wildman–Crippen LogP) is 6.12. The second-order valence-electron chi connectivity index (χ2n) is 11.6. The summed E-state index contributed by atoms with van der Waals surface area (Å²) in [5.41, 5.74) is -0.320. The Morgan fingerprint density at radius 3 is 2.33 bits per heavy atom. The highest BCUT2D eigenvalue weighted by Crippen LogP contribution is 2.43. The van der Waals surface area contributed by atoms with Crippen LogP contribution in [0.1, 0.15) is 49.8 Å². The van der Waals surface area contributed by atoms with E-state index in [9.17, 15) is 27.6 Å². The van der Waals surface area contributed by atoms with E-state index in [0.29, 0.717) is 48.4 Å². The molecule has 0 N–H and O–H groups in total. The fraction of sp³-hybridized carbons (Fsp3) is 0.533. The number of rotatable bonds is 6. The van der Waals surface area contributed by atoms with Gasteiger partial charge >= 0.3 is 12.3 Å². The molecule has 232 valence electrons. The van der Waals surface area contributed by atoms with Gasteiger partial charge in [-0.2, -0.15) is 13.2 Å². The van der Waals surface area contributed by atoms with Crippen LogP contribution < -0.4 is 4.74 Å². The van der Waals surface area contributed by atoms with Gasteiger partial charge in [-0.1, -0.05) is 42.6 Å². The number of alkyl halides is 3. The molecule has 8 nitrogen and oxygen atoms in total. The Bertz CT molecular complexity index is 1370. The van der Waals surface area contributed by atoms with E-state index >= 15 is 0 Å². The minimum atomic E-state index is -4.62. The van der Waals surface area contributed by atoms with Crippen LogP contribution in [0.15, 0.2) is 36.5 Å². The van der Waals surface area contributed by atoms with Gasteiger partial charge in [0.05, 0.1) is 22.3 Å². The van der Waals surface area contributed by atoms with Crippen molar-refractivity contribution in [2.24, 2.45) is 17.8 Å². The van der Waals surface area contributed by atoms with Gasteiger partial charge in [0.1, 0.15) is 5.69 Å². The first kappa shape index (κ1) is 31.4. The van der Waals surface area contributed by atoms with Gasteiger partial charge in [-0.25, -0.2) is 9.78 Å². The number of benzene rings is 1. The molecule has 0 radical (unpaired) electrons. The van der Waals surface area contributed by atoms with Crippen LogP contribution in [0.25, 0.3) is 0 Å². The summed E-state index contributed by atoms with van der Waals surface area (Å²) in [6.45, 7) is 3.73. The van der Waals surface area contributed by atoms with Gasteiger partial charge in [0.15, 0.2) is 5.75 Å². The third-order valence-corrected chi connectivity index (χ3v) is 9.65. The van der Waals surface area contributed by atoms with Crippen molar-refractivity contribution >= 4 is 41.1 Å². The zero-order chi connectivity index (χ0) is 31.1. The number of aromatic nitrogens is 1. The lowest BCUT2D eigenvalue weighted by atomic mass is 9.93. The van der Waals surface area contributed by atoms with Crippen LogP contribution in [-0.4, -0.2) is 76.9 Å². The smallest absolute Gasteiger partial charge is 0.409 e. The summed E-state index contributed by atoms with van der Waals surface area (Å²) in [7, 11) is 1.52. The van der Waals surface area contributed by atoms with Crippen LogP contribution >= 0.6 is 23.2 Å². The summed E-state index contributed by atoms with van der Waals surface area (Å²) < 4.78 is 44.0. The summed E-state index contributed by atoms with van der Waals surface area (Å²) in [5.74, 6) is 0.0504. The lowest BCUT2D eigenvalue weighted by molar-refractivity contribution is -0.141. The highest BCUT2D eigenvalue weighted by atomic mass is 35.5. The van der Waals surface area contributed by atoms with Gasteiger partial charge < -0.3 is 19.4 Å². The van der Waals surface area contributed by atoms with Crippen LogP contribution in [0.3, 0.4) is 0 Å².